The summed E-state index contributed by atoms with van der Waals surface area (Å²) in [5.41, 5.74) is 5.46. The molecule has 0 radical (unpaired) electrons. The molecule has 0 aromatic carbocycles. The molecule has 0 heterocycles. The van der Waals surface area contributed by atoms with E-state index in [2.05, 4.69) is 0 Å². The van der Waals surface area contributed by atoms with Gasteiger partial charge in [-0.05, 0) is 31.6 Å². The zero-order valence-electron chi connectivity index (χ0n) is 8.08. The smallest absolute Gasteiger partial charge is 0.326 e. The van der Waals surface area contributed by atoms with Gasteiger partial charge in [-0.1, -0.05) is 12.8 Å². The van der Waals surface area contributed by atoms with Crippen molar-refractivity contribution in [2.24, 2.45) is 17.6 Å². The molecule has 3 atom stereocenters. The van der Waals surface area contributed by atoms with Crippen LogP contribution in [-0.2, 0) is 9.53 Å². The van der Waals surface area contributed by atoms with Gasteiger partial charge in [0, 0.05) is 0 Å². The monoisotopic (exact) mass is 183 g/mol. The molecule has 2 saturated carbocycles. The molecule has 0 aromatic rings. The van der Waals surface area contributed by atoms with Gasteiger partial charge < -0.3 is 10.5 Å². The van der Waals surface area contributed by atoms with E-state index in [-0.39, 0.29) is 5.97 Å². The summed E-state index contributed by atoms with van der Waals surface area (Å²) >= 11 is 0. The van der Waals surface area contributed by atoms with Crippen molar-refractivity contribution < 1.29 is 9.53 Å². The van der Waals surface area contributed by atoms with E-state index in [1.54, 1.807) is 0 Å². The Hall–Kier alpha value is -0.570. The first kappa shape index (κ1) is 9.00. The van der Waals surface area contributed by atoms with Crippen molar-refractivity contribution in [1.82, 2.24) is 0 Å². The minimum absolute atomic E-state index is 0.179. The van der Waals surface area contributed by atoms with Crippen molar-refractivity contribution in [3.05, 3.63) is 0 Å². The van der Waals surface area contributed by atoms with Gasteiger partial charge in [0.1, 0.15) is 5.54 Å². The summed E-state index contributed by atoms with van der Waals surface area (Å²) in [6.45, 7) is 2.27. The van der Waals surface area contributed by atoms with Crippen LogP contribution < -0.4 is 5.73 Å². The molecule has 2 rings (SSSR count). The summed E-state index contributed by atoms with van der Waals surface area (Å²) in [5.74, 6) is 0.950. The van der Waals surface area contributed by atoms with Gasteiger partial charge in [0.25, 0.3) is 0 Å². The molecule has 3 unspecified atom stereocenters. The van der Waals surface area contributed by atoms with E-state index in [9.17, 15) is 4.79 Å². The Balaban J connectivity index is 2.05. The normalized spacial score (nSPS) is 42.3. The summed E-state index contributed by atoms with van der Waals surface area (Å²) in [6, 6.07) is 0. The number of hydrogen-bond acceptors (Lipinski definition) is 3. The molecule has 0 spiro atoms. The van der Waals surface area contributed by atoms with E-state index >= 15 is 0 Å². The average molecular weight is 183 g/mol. The summed E-state index contributed by atoms with van der Waals surface area (Å²) in [6.07, 6.45) is 4.28. The number of hydrogen-bond donors (Lipinski definition) is 1. The van der Waals surface area contributed by atoms with Gasteiger partial charge in [-0.2, -0.15) is 0 Å². The second kappa shape index (κ2) is 2.98. The maximum Gasteiger partial charge on any atom is 0.326 e. The van der Waals surface area contributed by atoms with Gasteiger partial charge >= 0.3 is 5.97 Å². The summed E-state index contributed by atoms with van der Waals surface area (Å²) in [4.78, 5) is 11.6. The second-order valence-corrected chi connectivity index (χ2v) is 4.26. The lowest BCUT2D eigenvalue weighted by Crippen LogP contribution is -2.52. The van der Waals surface area contributed by atoms with E-state index < -0.39 is 5.54 Å². The van der Waals surface area contributed by atoms with Crippen LogP contribution in [-0.4, -0.2) is 18.1 Å². The summed E-state index contributed by atoms with van der Waals surface area (Å²) < 4.78 is 5.02. The Kier molecular flexibility index (Phi) is 2.06. The zero-order valence-corrected chi connectivity index (χ0v) is 8.08. The van der Waals surface area contributed by atoms with Crippen LogP contribution in [0.25, 0.3) is 0 Å². The van der Waals surface area contributed by atoms with Crippen molar-refractivity contribution >= 4 is 5.97 Å². The number of carbonyl (C=O) groups is 1. The van der Waals surface area contributed by atoms with Crippen LogP contribution >= 0.6 is 0 Å². The summed E-state index contributed by atoms with van der Waals surface area (Å²) in [5, 5.41) is 0. The molecule has 0 saturated heterocycles. The Bertz CT molecular complexity index is 229. The Morgan fingerprint density at radius 2 is 2.46 bits per heavy atom. The molecule has 0 bridgehead atoms. The quantitative estimate of drug-likeness (QED) is 0.651. The number of nitrogens with two attached hydrogens (primary N) is 1. The lowest BCUT2D eigenvalue weighted by Gasteiger charge is -2.30. The molecule has 3 heteroatoms. The number of carbonyl (C=O) groups excluding carboxylic acids is 1. The molecular weight excluding hydrogens is 166 g/mol. The van der Waals surface area contributed by atoms with Crippen LogP contribution in [0.5, 0.6) is 0 Å². The predicted molar refractivity (Wildman–Crippen MR) is 49.0 cm³/mol. The van der Waals surface area contributed by atoms with Crippen LogP contribution in [0, 0.1) is 11.8 Å². The molecular formula is C10H17NO2. The van der Waals surface area contributed by atoms with E-state index in [0.717, 1.165) is 19.3 Å². The fourth-order valence-corrected chi connectivity index (χ4v) is 2.56. The SMILES string of the molecule is CCOC(=O)C1(N)CCCC2CC21. The Labute approximate surface area is 78.6 Å². The largest absolute Gasteiger partial charge is 0.465 e. The topological polar surface area (TPSA) is 52.3 Å². The van der Waals surface area contributed by atoms with Crippen LogP contribution in [0.15, 0.2) is 0 Å². The third kappa shape index (κ3) is 1.35. The fraction of sp³-hybridized carbons (Fsp3) is 0.900. The van der Waals surface area contributed by atoms with E-state index in [4.69, 9.17) is 10.5 Å². The lowest BCUT2D eigenvalue weighted by molar-refractivity contribution is -0.151. The van der Waals surface area contributed by atoms with Crippen molar-refractivity contribution in [2.75, 3.05) is 6.61 Å². The molecule has 2 aliphatic rings. The summed E-state index contributed by atoms with van der Waals surface area (Å²) in [7, 11) is 0. The van der Waals surface area contributed by atoms with E-state index in [1.165, 1.54) is 6.42 Å². The fourth-order valence-electron chi connectivity index (χ4n) is 2.56. The minimum Gasteiger partial charge on any atom is -0.465 e. The van der Waals surface area contributed by atoms with Crippen molar-refractivity contribution in [2.45, 2.75) is 38.1 Å². The molecule has 74 valence electrons. The molecule has 0 aromatic heterocycles. The predicted octanol–water partition coefficient (Wildman–Crippen LogP) is 1.07. The maximum absolute atomic E-state index is 11.6. The van der Waals surface area contributed by atoms with Gasteiger partial charge in [0.05, 0.1) is 6.61 Å². The van der Waals surface area contributed by atoms with Crippen molar-refractivity contribution in [1.29, 1.82) is 0 Å². The lowest BCUT2D eigenvalue weighted by atomic mass is 9.82. The first-order chi connectivity index (χ1) is 6.18. The van der Waals surface area contributed by atoms with Gasteiger partial charge in [-0.3, -0.25) is 4.79 Å². The van der Waals surface area contributed by atoms with Crippen LogP contribution in [0.3, 0.4) is 0 Å². The Morgan fingerprint density at radius 3 is 3.15 bits per heavy atom. The van der Waals surface area contributed by atoms with E-state index in [0.29, 0.717) is 18.4 Å². The molecule has 0 amide bonds. The Morgan fingerprint density at radius 1 is 1.69 bits per heavy atom. The van der Waals surface area contributed by atoms with Crippen LogP contribution in [0.4, 0.5) is 0 Å². The van der Waals surface area contributed by atoms with Gasteiger partial charge in [-0.25, -0.2) is 0 Å². The first-order valence-electron chi connectivity index (χ1n) is 5.14. The number of ether oxygens (including phenoxy) is 1. The van der Waals surface area contributed by atoms with Crippen molar-refractivity contribution in [3.8, 4) is 0 Å². The molecule has 0 aliphatic heterocycles. The van der Waals surface area contributed by atoms with E-state index in [1.807, 2.05) is 6.92 Å². The third-order valence-corrected chi connectivity index (χ3v) is 3.41. The highest BCUT2D eigenvalue weighted by molar-refractivity contribution is 5.81. The molecule has 2 N–H and O–H groups in total. The van der Waals surface area contributed by atoms with Gasteiger partial charge in [0.15, 0.2) is 0 Å². The molecule has 13 heavy (non-hydrogen) atoms. The third-order valence-electron chi connectivity index (χ3n) is 3.41. The number of fused-ring (bicyclic) bond motifs is 1. The zero-order chi connectivity index (χ0) is 9.47. The highest BCUT2D eigenvalue weighted by atomic mass is 16.5. The second-order valence-electron chi connectivity index (χ2n) is 4.26. The highest BCUT2D eigenvalue weighted by Gasteiger charge is 2.57. The highest BCUT2D eigenvalue weighted by Crippen LogP contribution is 2.54. The van der Waals surface area contributed by atoms with Crippen LogP contribution in [0.1, 0.15) is 32.6 Å². The maximum atomic E-state index is 11.6. The van der Waals surface area contributed by atoms with Gasteiger partial charge in [-0.15, -0.1) is 0 Å². The number of rotatable bonds is 2. The molecule has 3 nitrogen and oxygen atoms in total. The van der Waals surface area contributed by atoms with Crippen molar-refractivity contribution in [3.63, 3.8) is 0 Å². The molecule has 2 fully saturated rings. The minimum atomic E-state index is -0.640. The average Bonchev–Trinajstić information content (AvgIpc) is 2.85. The standard InChI is InChI=1S/C10H17NO2/c1-2-13-9(12)10(11)5-3-4-7-6-8(7)10/h7-8H,2-6,11H2,1H3. The molecule has 2 aliphatic carbocycles. The van der Waals surface area contributed by atoms with Gasteiger partial charge in [0.2, 0.25) is 0 Å². The first-order valence-corrected chi connectivity index (χ1v) is 5.14. The van der Waals surface area contributed by atoms with Crippen LogP contribution in [0.2, 0.25) is 0 Å². The number of esters is 1.